The van der Waals surface area contributed by atoms with Gasteiger partial charge < -0.3 is 10.2 Å². The number of nitrogens with zero attached hydrogens (tertiary/aromatic N) is 4. The lowest BCUT2D eigenvalue weighted by Crippen LogP contribution is -2.39. The van der Waals surface area contributed by atoms with Gasteiger partial charge in [0.05, 0.1) is 6.04 Å². The van der Waals surface area contributed by atoms with Crippen molar-refractivity contribution in [2.45, 2.75) is 39.2 Å². The minimum absolute atomic E-state index is 0.0425. The summed E-state index contributed by atoms with van der Waals surface area (Å²) in [6, 6.07) is -0.405. The number of imide groups is 1. The second kappa shape index (κ2) is 7.34. The topological polar surface area (TPSA) is 124 Å². The van der Waals surface area contributed by atoms with Crippen molar-refractivity contribution in [3.05, 3.63) is 10.4 Å². The minimum Gasteiger partial charge on any atom is -0.319 e. The van der Waals surface area contributed by atoms with Gasteiger partial charge in [-0.05, 0) is 17.9 Å². The van der Waals surface area contributed by atoms with Crippen LogP contribution in [0.2, 0.25) is 0 Å². The van der Waals surface area contributed by atoms with E-state index in [0.717, 1.165) is 0 Å². The Bertz CT molecular complexity index is 428. The molecule has 0 unspecified atom stereocenters. The molecule has 0 aromatic rings. The highest BCUT2D eigenvalue weighted by Crippen LogP contribution is 2.12. The number of carbonyl (C=O) groups excluding carboxylic acids is 3. The van der Waals surface area contributed by atoms with Gasteiger partial charge in [-0.2, -0.15) is 0 Å². The zero-order valence-electron chi connectivity index (χ0n) is 11.4. The summed E-state index contributed by atoms with van der Waals surface area (Å²) in [5, 5.41) is 6.39. The number of carbonyl (C=O) groups is 3. The van der Waals surface area contributed by atoms with Crippen molar-refractivity contribution in [2.75, 3.05) is 6.54 Å². The number of hydroxylamine groups is 2. The van der Waals surface area contributed by atoms with Gasteiger partial charge in [-0.1, -0.05) is 19.0 Å². The van der Waals surface area contributed by atoms with Crippen LogP contribution in [0.15, 0.2) is 5.11 Å². The molecule has 1 atom stereocenters. The molecule has 9 heteroatoms. The molecule has 20 heavy (non-hydrogen) atoms. The standard InChI is InChI=1S/C11H17N5O4/c1-7(2)5-8(14-15-12)6-13-11(19)20-16-9(17)3-4-10(16)18/h7-8H,3-6H2,1-2H3,(H,13,19)/t8-/m0/s1. The molecule has 0 bridgehead atoms. The number of nitrogens with one attached hydrogen (secondary N) is 1. The van der Waals surface area contributed by atoms with Crippen molar-refractivity contribution in [2.24, 2.45) is 11.0 Å². The van der Waals surface area contributed by atoms with Gasteiger partial charge in [-0.25, -0.2) is 4.79 Å². The first-order valence-electron chi connectivity index (χ1n) is 6.29. The summed E-state index contributed by atoms with van der Waals surface area (Å²) >= 11 is 0. The monoisotopic (exact) mass is 283 g/mol. The van der Waals surface area contributed by atoms with E-state index in [2.05, 4.69) is 20.2 Å². The van der Waals surface area contributed by atoms with Crippen molar-refractivity contribution in [3.63, 3.8) is 0 Å². The summed E-state index contributed by atoms with van der Waals surface area (Å²) in [6.07, 6.45) is -0.233. The predicted octanol–water partition coefficient (Wildman–Crippen LogP) is 1.50. The molecule has 0 spiro atoms. The quantitative estimate of drug-likeness (QED) is 0.343. The lowest BCUT2D eigenvalue weighted by Gasteiger charge is -2.16. The normalized spacial score (nSPS) is 16.1. The van der Waals surface area contributed by atoms with Gasteiger partial charge in [-0.15, -0.1) is 5.06 Å². The Kier molecular flexibility index (Phi) is 5.79. The molecule has 1 saturated heterocycles. The third-order valence-electron chi connectivity index (χ3n) is 2.62. The smallest absolute Gasteiger partial charge is 0.319 e. The summed E-state index contributed by atoms with van der Waals surface area (Å²) in [6.45, 7) is 4.00. The molecule has 0 aromatic heterocycles. The summed E-state index contributed by atoms with van der Waals surface area (Å²) in [5.41, 5.74) is 8.43. The zero-order chi connectivity index (χ0) is 15.1. The lowest BCUT2D eigenvalue weighted by molar-refractivity contribution is -0.171. The number of rotatable bonds is 6. The summed E-state index contributed by atoms with van der Waals surface area (Å²) < 4.78 is 0. The predicted molar refractivity (Wildman–Crippen MR) is 68.0 cm³/mol. The molecule has 3 amide bonds. The number of amides is 3. The molecule has 0 radical (unpaired) electrons. The van der Waals surface area contributed by atoms with Crippen LogP contribution in [0.3, 0.4) is 0 Å². The molecule has 1 N–H and O–H groups in total. The van der Waals surface area contributed by atoms with Gasteiger partial charge in [0.1, 0.15) is 0 Å². The second-order valence-corrected chi connectivity index (χ2v) is 4.83. The van der Waals surface area contributed by atoms with Crippen LogP contribution in [0, 0.1) is 5.92 Å². The van der Waals surface area contributed by atoms with Gasteiger partial charge in [0.2, 0.25) is 0 Å². The molecule has 9 nitrogen and oxygen atoms in total. The Labute approximate surface area is 115 Å². The zero-order valence-corrected chi connectivity index (χ0v) is 11.4. The van der Waals surface area contributed by atoms with E-state index in [0.29, 0.717) is 17.4 Å². The molecule has 0 aliphatic carbocycles. The third-order valence-corrected chi connectivity index (χ3v) is 2.62. The Morgan fingerprint density at radius 1 is 1.45 bits per heavy atom. The second-order valence-electron chi connectivity index (χ2n) is 4.83. The van der Waals surface area contributed by atoms with Crippen LogP contribution in [-0.2, 0) is 14.4 Å². The number of hydrogen-bond acceptors (Lipinski definition) is 5. The van der Waals surface area contributed by atoms with E-state index < -0.39 is 23.9 Å². The molecule has 1 aliphatic rings. The first-order chi connectivity index (χ1) is 9.43. The first-order valence-corrected chi connectivity index (χ1v) is 6.29. The van der Waals surface area contributed by atoms with Crippen molar-refractivity contribution < 1.29 is 19.2 Å². The van der Waals surface area contributed by atoms with Crippen LogP contribution >= 0.6 is 0 Å². The highest BCUT2D eigenvalue weighted by molar-refractivity contribution is 6.01. The van der Waals surface area contributed by atoms with Crippen molar-refractivity contribution in [3.8, 4) is 0 Å². The maximum Gasteiger partial charge on any atom is 0.432 e. The van der Waals surface area contributed by atoms with Crippen LogP contribution in [0.1, 0.15) is 33.1 Å². The van der Waals surface area contributed by atoms with Gasteiger partial charge in [-0.3, -0.25) is 9.59 Å². The molecule has 110 valence electrons. The summed E-state index contributed by atoms with van der Waals surface area (Å²) in [5.74, 6) is -0.789. The molecule has 0 saturated carbocycles. The number of azide groups is 1. The number of hydrogen-bond donors (Lipinski definition) is 1. The Morgan fingerprint density at radius 3 is 2.55 bits per heavy atom. The van der Waals surface area contributed by atoms with Crippen molar-refractivity contribution >= 4 is 17.9 Å². The maximum atomic E-state index is 11.5. The van der Waals surface area contributed by atoms with E-state index in [1.54, 1.807) is 0 Å². The summed E-state index contributed by atoms with van der Waals surface area (Å²) in [7, 11) is 0. The Hall–Kier alpha value is -2.28. The molecule has 1 aliphatic heterocycles. The average molecular weight is 283 g/mol. The SMILES string of the molecule is CC(C)C[C@@H](CNC(=O)ON1C(=O)CCC1=O)N=[N+]=[N-]. The molecule has 1 fully saturated rings. The lowest BCUT2D eigenvalue weighted by atomic mass is 10.0. The third kappa shape index (κ3) is 4.77. The fourth-order valence-corrected chi connectivity index (χ4v) is 1.76. The Balaban J connectivity index is 2.43. The molecular formula is C11H17N5O4. The first kappa shape index (κ1) is 15.8. The van der Waals surface area contributed by atoms with Gasteiger partial charge in [0.25, 0.3) is 11.8 Å². The maximum absolute atomic E-state index is 11.5. The van der Waals surface area contributed by atoms with E-state index in [1.165, 1.54) is 0 Å². The highest BCUT2D eigenvalue weighted by atomic mass is 16.7. The van der Waals surface area contributed by atoms with E-state index in [9.17, 15) is 14.4 Å². The molecule has 0 aromatic carbocycles. The van der Waals surface area contributed by atoms with E-state index in [4.69, 9.17) is 5.53 Å². The van der Waals surface area contributed by atoms with Gasteiger partial charge in [0, 0.05) is 24.3 Å². The summed E-state index contributed by atoms with van der Waals surface area (Å²) in [4.78, 5) is 41.3. The van der Waals surface area contributed by atoms with Crippen LogP contribution in [0.25, 0.3) is 10.4 Å². The van der Waals surface area contributed by atoms with Crippen molar-refractivity contribution in [1.82, 2.24) is 10.4 Å². The van der Waals surface area contributed by atoms with Gasteiger partial charge >= 0.3 is 6.09 Å². The molecule has 1 rings (SSSR count). The van der Waals surface area contributed by atoms with Crippen LogP contribution in [-0.4, -0.2) is 35.6 Å². The molecular weight excluding hydrogens is 266 g/mol. The highest BCUT2D eigenvalue weighted by Gasteiger charge is 2.32. The fraction of sp³-hybridized carbons (Fsp3) is 0.727. The van der Waals surface area contributed by atoms with E-state index >= 15 is 0 Å². The largest absolute Gasteiger partial charge is 0.432 e. The van der Waals surface area contributed by atoms with Gasteiger partial charge in [0.15, 0.2) is 0 Å². The average Bonchev–Trinajstić information content (AvgIpc) is 2.67. The van der Waals surface area contributed by atoms with Crippen LogP contribution in [0.4, 0.5) is 4.79 Å². The molecule has 1 heterocycles. The Morgan fingerprint density at radius 2 is 2.05 bits per heavy atom. The van der Waals surface area contributed by atoms with E-state index in [1.807, 2.05) is 13.8 Å². The van der Waals surface area contributed by atoms with Crippen LogP contribution in [0.5, 0.6) is 0 Å². The minimum atomic E-state index is -0.921. The van der Waals surface area contributed by atoms with Crippen molar-refractivity contribution in [1.29, 1.82) is 0 Å². The van der Waals surface area contributed by atoms with E-state index in [-0.39, 0.29) is 19.4 Å². The fourth-order valence-electron chi connectivity index (χ4n) is 1.76. The van der Waals surface area contributed by atoms with Crippen LogP contribution < -0.4 is 5.32 Å².